The average molecular weight is 575 g/mol. The molecule has 39 heavy (non-hydrogen) atoms. The molecule has 1 fully saturated rings. The lowest BCUT2D eigenvalue weighted by Gasteiger charge is -2.30. The van der Waals surface area contributed by atoms with E-state index in [0.29, 0.717) is 22.7 Å². The first-order valence-electron chi connectivity index (χ1n) is 12.4. The monoisotopic (exact) mass is 574 g/mol. The van der Waals surface area contributed by atoms with Crippen LogP contribution in [0.2, 0.25) is 5.02 Å². The molecule has 2 amide bonds. The zero-order chi connectivity index (χ0) is 29.1. The molecule has 0 unspecified atom stereocenters. The smallest absolute Gasteiger partial charge is 0.350 e. The third-order valence-electron chi connectivity index (χ3n) is 6.95. The average Bonchev–Trinajstić information content (AvgIpc) is 2.87. The molecule has 1 atom stereocenters. The van der Waals surface area contributed by atoms with E-state index < -0.39 is 46.8 Å². The Labute approximate surface area is 228 Å². The fourth-order valence-corrected chi connectivity index (χ4v) is 4.94. The lowest BCUT2D eigenvalue weighted by molar-refractivity contribution is -0.143. The van der Waals surface area contributed by atoms with Crippen molar-refractivity contribution in [3.05, 3.63) is 81.0 Å². The second kappa shape index (κ2) is 12.0. The van der Waals surface area contributed by atoms with Crippen LogP contribution in [0.5, 0.6) is 0 Å². The molecule has 0 spiro atoms. The Hall–Kier alpha value is -3.01. The molecular weight excluding hydrogens is 546 g/mol. The Morgan fingerprint density at radius 3 is 1.92 bits per heavy atom. The summed E-state index contributed by atoms with van der Waals surface area (Å²) in [6.45, 7) is 3.17. The lowest BCUT2D eigenvalue weighted by Crippen LogP contribution is -2.39. The van der Waals surface area contributed by atoms with E-state index in [0.717, 1.165) is 37.0 Å². The van der Waals surface area contributed by atoms with Crippen molar-refractivity contribution in [2.45, 2.75) is 70.3 Å². The molecule has 2 aromatic carbocycles. The van der Waals surface area contributed by atoms with Gasteiger partial charge in [0.05, 0.1) is 11.1 Å². The molecule has 4 nitrogen and oxygen atoms in total. The Morgan fingerprint density at radius 2 is 1.44 bits per heavy atom. The summed E-state index contributed by atoms with van der Waals surface area (Å²) in [5, 5.41) is 3.39. The zero-order valence-corrected chi connectivity index (χ0v) is 22.4. The summed E-state index contributed by atoms with van der Waals surface area (Å²) in [6, 6.07) is 7.22. The van der Waals surface area contributed by atoms with Gasteiger partial charge in [0.15, 0.2) is 0 Å². The molecule has 0 saturated heterocycles. The summed E-state index contributed by atoms with van der Waals surface area (Å²) in [7, 11) is 1.23. The maximum atomic E-state index is 13.5. The summed E-state index contributed by atoms with van der Waals surface area (Å²) in [6.07, 6.45) is -5.66. The van der Waals surface area contributed by atoms with Crippen LogP contribution in [0.1, 0.15) is 78.9 Å². The van der Waals surface area contributed by atoms with Crippen molar-refractivity contribution >= 4 is 23.4 Å². The number of likely N-dealkylation sites (N-methyl/N-ethyl adjacent to an activating group) is 1. The molecule has 11 heteroatoms. The minimum absolute atomic E-state index is 0.0350. The molecule has 0 radical (unpaired) electrons. The van der Waals surface area contributed by atoms with E-state index >= 15 is 0 Å². The van der Waals surface area contributed by atoms with Gasteiger partial charge in [0.25, 0.3) is 5.91 Å². The Morgan fingerprint density at radius 1 is 0.923 bits per heavy atom. The maximum Gasteiger partial charge on any atom is 0.416 e. The third-order valence-corrected chi connectivity index (χ3v) is 7.20. The molecule has 0 aliphatic heterocycles. The van der Waals surface area contributed by atoms with Crippen LogP contribution in [0.4, 0.5) is 26.3 Å². The topological polar surface area (TPSA) is 49.4 Å². The van der Waals surface area contributed by atoms with Gasteiger partial charge in [-0.2, -0.15) is 26.3 Å². The first-order chi connectivity index (χ1) is 18.1. The summed E-state index contributed by atoms with van der Waals surface area (Å²) >= 11 is 5.99. The first-order valence-corrected chi connectivity index (χ1v) is 12.8. The van der Waals surface area contributed by atoms with Crippen LogP contribution in [0.15, 0.2) is 53.7 Å². The van der Waals surface area contributed by atoms with Gasteiger partial charge >= 0.3 is 12.4 Å². The van der Waals surface area contributed by atoms with Crippen molar-refractivity contribution in [3.63, 3.8) is 0 Å². The molecular formula is C28H29ClF6N2O2. The minimum Gasteiger partial charge on any atom is -0.350 e. The van der Waals surface area contributed by atoms with Gasteiger partial charge in [0.2, 0.25) is 5.91 Å². The van der Waals surface area contributed by atoms with Gasteiger partial charge in [-0.3, -0.25) is 9.59 Å². The maximum absolute atomic E-state index is 13.5. The normalized spacial score (nSPS) is 16.4. The van der Waals surface area contributed by atoms with E-state index in [9.17, 15) is 35.9 Å². The Balaban J connectivity index is 2.09. The molecule has 1 saturated carbocycles. The number of nitrogens with zero attached hydrogens (tertiary/aromatic N) is 1. The molecule has 0 aromatic heterocycles. The standard InChI is InChI=1S/C28H29ClF6N2O2/c1-16(18-9-11-22(29)12-10-18)24(17(2)25(38)36-23-7-5-4-6-8-23)37(3)26(39)19-13-20(27(30,31)32)15-21(14-19)28(33,34)35/h9-16,23H,4-8H2,1-3H3,(H,36,38)/t16-/m1/s1. The van der Waals surface area contributed by atoms with Crippen molar-refractivity contribution in [1.82, 2.24) is 10.2 Å². The van der Waals surface area contributed by atoms with Crippen LogP contribution < -0.4 is 5.32 Å². The third kappa shape index (κ3) is 7.56. The highest BCUT2D eigenvalue weighted by molar-refractivity contribution is 6.30. The summed E-state index contributed by atoms with van der Waals surface area (Å²) < 4.78 is 80.6. The fourth-order valence-electron chi connectivity index (χ4n) is 4.81. The number of nitrogens with one attached hydrogen (secondary N) is 1. The SMILES string of the molecule is CC(C(=O)NC1CCCCC1)=C([C@H](C)c1ccc(Cl)cc1)N(C)C(=O)c1cc(C(F)(F)F)cc(C(F)(F)F)c1. The number of hydrogen-bond acceptors (Lipinski definition) is 2. The summed E-state index contributed by atoms with van der Waals surface area (Å²) in [4.78, 5) is 27.7. The van der Waals surface area contributed by atoms with Gasteiger partial charge in [-0.15, -0.1) is 0 Å². The van der Waals surface area contributed by atoms with Gasteiger partial charge in [-0.05, 0) is 55.7 Å². The number of carbonyl (C=O) groups is 2. The van der Waals surface area contributed by atoms with E-state index in [4.69, 9.17) is 11.6 Å². The molecule has 0 heterocycles. The second-order valence-corrected chi connectivity index (χ2v) is 10.2. The number of amides is 2. The lowest BCUT2D eigenvalue weighted by atomic mass is 9.92. The van der Waals surface area contributed by atoms with Crippen molar-refractivity contribution in [2.24, 2.45) is 0 Å². The summed E-state index contributed by atoms with van der Waals surface area (Å²) in [5.41, 5.74) is -3.10. The van der Waals surface area contributed by atoms with Gasteiger partial charge in [-0.1, -0.05) is 49.9 Å². The van der Waals surface area contributed by atoms with Crippen molar-refractivity contribution < 1.29 is 35.9 Å². The molecule has 0 bridgehead atoms. The number of carbonyl (C=O) groups excluding carboxylic acids is 2. The Kier molecular flexibility index (Phi) is 9.41. The second-order valence-electron chi connectivity index (χ2n) is 9.75. The molecule has 1 aliphatic carbocycles. The van der Waals surface area contributed by atoms with Gasteiger partial charge in [-0.25, -0.2) is 0 Å². The first kappa shape index (κ1) is 30.5. The zero-order valence-electron chi connectivity index (χ0n) is 21.6. The number of hydrogen-bond donors (Lipinski definition) is 1. The van der Waals surface area contributed by atoms with Crippen molar-refractivity contribution in [3.8, 4) is 0 Å². The highest BCUT2D eigenvalue weighted by Crippen LogP contribution is 2.37. The molecule has 2 aromatic rings. The minimum atomic E-state index is -5.11. The molecule has 1 aliphatic rings. The van der Waals surface area contributed by atoms with E-state index in [2.05, 4.69) is 5.32 Å². The largest absolute Gasteiger partial charge is 0.416 e. The molecule has 1 N–H and O–H groups in total. The van der Waals surface area contributed by atoms with Crippen LogP contribution in [0.25, 0.3) is 0 Å². The highest BCUT2D eigenvalue weighted by atomic mass is 35.5. The van der Waals surface area contributed by atoms with Crippen LogP contribution in [-0.4, -0.2) is 29.8 Å². The van der Waals surface area contributed by atoms with E-state index in [1.807, 2.05) is 0 Å². The quantitative estimate of drug-likeness (QED) is 0.281. The summed E-state index contributed by atoms with van der Waals surface area (Å²) in [5.74, 6) is -2.22. The van der Waals surface area contributed by atoms with Crippen LogP contribution in [-0.2, 0) is 17.1 Å². The number of benzene rings is 2. The van der Waals surface area contributed by atoms with Crippen LogP contribution in [0.3, 0.4) is 0 Å². The van der Waals surface area contributed by atoms with E-state index in [-0.39, 0.29) is 23.4 Å². The van der Waals surface area contributed by atoms with E-state index in [1.165, 1.54) is 14.0 Å². The van der Waals surface area contributed by atoms with Crippen molar-refractivity contribution in [1.29, 1.82) is 0 Å². The predicted molar refractivity (Wildman–Crippen MR) is 136 cm³/mol. The highest BCUT2D eigenvalue weighted by Gasteiger charge is 2.38. The Bertz CT molecular complexity index is 1200. The molecule has 3 rings (SSSR count). The number of halogens is 7. The predicted octanol–water partition coefficient (Wildman–Crippen LogP) is 7.98. The number of allylic oxidation sites excluding steroid dienone is 1. The van der Waals surface area contributed by atoms with Crippen LogP contribution >= 0.6 is 11.6 Å². The van der Waals surface area contributed by atoms with Gasteiger partial charge in [0, 0.05) is 40.9 Å². The number of alkyl halides is 6. The van der Waals surface area contributed by atoms with Gasteiger partial charge < -0.3 is 10.2 Å². The van der Waals surface area contributed by atoms with E-state index in [1.54, 1.807) is 31.2 Å². The molecule has 212 valence electrons. The number of rotatable bonds is 6. The fraction of sp³-hybridized carbons (Fsp3) is 0.429. The van der Waals surface area contributed by atoms with Crippen LogP contribution in [0, 0.1) is 0 Å². The van der Waals surface area contributed by atoms with Gasteiger partial charge in [0.1, 0.15) is 0 Å². The van der Waals surface area contributed by atoms with Crippen molar-refractivity contribution in [2.75, 3.05) is 7.05 Å².